The van der Waals surface area contributed by atoms with Gasteiger partial charge in [0.1, 0.15) is 0 Å². The number of carbonyl (C=O) groups is 2. The third kappa shape index (κ3) is 4.97. The average molecular weight is 364 g/mol. The molecule has 1 aliphatic rings. The fraction of sp³-hybridized carbons (Fsp3) is 0.391. The van der Waals surface area contributed by atoms with Gasteiger partial charge in [-0.3, -0.25) is 9.59 Å². The van der Waals surface area contributed by atoms with Crippen molar-refractivity contribution >= 4 is 11.8 Å². The van der Waals surface area contributed by atoms with Crippen LogP contribution in [0.5, 0.6) is 0 Å². The maximum absolute atomic E-state index is 12.9. The van der Waals surface area contributed by atoms with Crippen LogP contribution < -0.4 is 5.32 Å². The summed E-state index contributed by atoms with van der Waals surface area (Å²) in [4.78, 5) is 27.2. The standard InChI is InChI=1S/C23H28N2O2/c1-16(2)25(15-19-7-5-4-6-8-19)23(27)21-13-20(21)22(26)24-14-18-11-9-17(3)10-12-18/h4-12,16,20-21H,13-15H2,1-3H3,(H,24,26). The Morgan fingerprint density at radius 2 is 1.67 bits per heavy atom. The fourth-order valence-corrected chi connectivity index (χ4v) is 3.29. The number of hydrogen-bond acceptors (Lipinski definition) is 2. The largest absolute Gasteiger partial charge is 0.352 e. The number of carbonyl (C=O) groups excluding carboxylic acids is 2. The topological polar surface area (TPSA) is 49.4 Å². The predicted molar refractivity (Wildman–Crippen MR) is 107 cm³/mol. The first-order chi connectivity index (χ1) is 13.0. The Bertz CT molecular complexity index is 784. The van der Waals surface area contributed by atoms with Crippen LogP contribution in [-0.2, 0) is 22.7 Å². The summed E-state index contributed by atoms with van der Waals surface area (Å²) in [5.74, 6) is -0.309. The summed E-state index contributed by atoms with van der Waals surface area (Å²) in [5, 5.41) is 2.97. The van der Waals surface area contributed by atoms with E-state index in [-0.39, 0.29) is 29.7 Å². The van der Waals surface area contributed by atoms with Gasteiger partial charge < -0.3 is 10.2 Å². The van der Waals surface area contributed by atoms with Gasteiger partial charge in [0, 0.05) is 19.1 Å². The first-order valence-electron chi connectivity index (χ1n) is 9.63. The molecule has 142 valence electrons. The molecule has 0 spiro atoms. The minimum Gasteiger partial charge on any atom is -0.352 e. The normalized spacial score (nSPS) is 18.2. The molecular weight excluding hydrogens is 336 g/mol. The number of benzene rings is 2. The predicted octanol–water partition coefficient (Wildman–Crippen LogP) is 3.68. The maximum Gasteiger partial charge on any atom is 0.227 e. The molecule has 2 atom stereocenters. The van der Waals surface area contributed by atoms with Gasteiger partial charge in [0.2, 0.25) is 11.8 Å². The molecule has 2 amide bonds. The van der Waals surface area contributed by atoms with Crippen molar-refractivity contribution in [3.05, 3.63) is 71.3 Å². The number of aryl methyl sites for hydroxylation is 1. The molecular formula is C23H28N2O2. The van der Waals surface area contributed by atoms with Crippen LogP contribution in [0.2, 0.25) is 0 Å². The van der Waals surface area contributed by atoms with Gasteiger partial charge in [0.05, 0.1) is 11.8 Å². The van der Waals surface area contributed by atoms with Crippen molar-refractivity contribution in [1.29, 1.82) is 0 Å². The number of nitrogens with one attached hydrogen (secondary N) is 1. The van der Waals surface area contributed by atoms with Gasteiger partial charge in [-0.05, 0) is 38.3 Å². The van der Waals surface area contributed by atoms with Gasteiger partial charge in [0.15, 0.2) is 0 Å². The minimum absolute atomic E-state index is 0.0163. The SMILES string of the molecule is Cc1ccc(CNC(=O)C2CC2C(=O)N(Cc2ccccc2)C(C)C)cc1. The van der Waals surface area contributed by atoms with Crippen LogP contribution in [0.1, 0.15) is 37.0 Å². The van der Waals surface area contributed by atoms with E-state index in [4.69, 9.17) is 0 Å². The highest BCUT2D eigenvalue weighted by atomic mass is 16.2. The molecule has 0 heterocycles. The Labute approximate surface area is 161 Å². The molecule has 1 aliphatic carbocycles. The lowest BCUT2D eigenvalue weighted by molar-refractivity contribution is -0.136. The lowest BCUT2D eigenvalue weighted by atomic mass is 10.1. The van der Waals surface area contributed by atoms with E-state index in [2.05, 4.69) is 5.32 Å². The Balaban J connectivity index is 1.54. The molecule has 3 rings (SSSR count). The first-order valence-corrected chi connectivity index (χ1v) is 9.63. The van der Waals surface area contributed by atoms with Gasteiger partial charge in [0.25, 0.3) is 0 Å². The summed E-state index contributed by atoms with van der Waals surface area (Å²) < 4.78 is 0. The van der Waals surface area contributed by atoms with E-state index >= 15 is 0 Å². The van der Waals surface area contributed by atoms with Crippen molar-refractivity contribution in [2.45, 2.75) is 46.3 Å². The molecule has 27 heavy (non-hydrogen) atoms. The Kier molecular flexibility index (Phi) is 5.94. The molecule has 0 bridgehead atoms. The molecule has 2 unspecified atom stereocenters. The lowest BCUT2D eigenvalue weighted by Gasteiger charge is -2.27. The van der Waals surface area contributed by atoms with E-state index in [0.29, 0.717) is 19.5 Å². The van der Waals surface area contributed by atoms with E-state index in [0.717, 1.165) is 11.1 Å². The van der Waals surface area contributed by atoms with E-state index in [1.54, 1.807) is 0 Å². The average Bonchev–Trinajstić information content (AvgIpc) is 3.46. The molecule has 0 aliphatic heterocycles. The van der Waals surface area contributed by atoms with Crippen LogP contribution in [0.3, 0.4) is 0 Å². The van der Waals surface area contributed by atoms with Crippen LogP contribution in [0.4, 0.5) is 0 Å². The van der Waals surface area contributed by atoms with Crippen molar-refractivity contribution < 1.29 is 9.59 Å². The van der Waals surface area contributed by atoms with Gasteiger partial charge in [-0.25, -0.2) is 0 Å². The molecule has 0 aromatic heterocycles. The molecule has 1 N–H and O–H groups in total. The second kappa shape index (κ2) is 8.38. The number of rotatable bonds is 7. The van der Waals surface area contributed by atoms with Crippen molar-refractivity contribution in [1.82, 2.24) is 10.2 Å². The van der Waals surface area contributed by atoms with E-state index in [1.165, 1.54) is 5.56 Å². The van der Waals surface area contributed by atoms with Crippen LogP contribution in [-0.4, -0.2) is 22.8 Å². The van der Waals surface area contributed by atoms with Gasteiger partial charge >= 0.3 is 0 Å². The summed E-state index contributed by atoms with van der Waals surface area (Å²) in [5.41, 5.74) is 3.39. The molecule has 4 heteroatoms. The van der Waals surface area contributed by atoms with E-state index in [1.807, 2.05) is 80.3 Å². The molecule has 1 fully saturated rings. The highest BCUT2D eigenvalue weighted by Gasteiger charge is 2.49. The zero-order valence-electron chi connectivity index (χ0n) is 16.3. The lowest BCUT2D eigenvalue weighted by Crippen LogP contribution is -2.38. The number of nitrogens with zero attached hydrogens (tertiary/aromatic N) is 1. The summed E-state index contributed by atoms with van der Waals surface area (Å²) in [6, 6.07) is 18.2. The van der Waals surface area contributed by atoms with Crippen LogP contribution in [0.15, 0.2) is 54.6 Å². The summed E-state index contributed by atoms with van der Waals surface area (Å²) >= 11 is 0. The fourth-order valence-electron chi connectivity index (χ4n) is 3.29. The quantitative estimate of drug-likeness (QED) is 0.815. The maximum atomic E-state index is 12.9. The second-order valence-electron chi connectivity index (χ2n) is 7.70. The van der Waals surface area contributed by atoms with Crippen LogP contribution >= 0.6 is 0 Å². The zero-order valence-corrected chi connectivity index (χ0v) is 16.3. The number of amides is 2. The highest BCUT2D eigenvalue weighted by Crippen LogP contribution is 2.40. The van der Waals surface area contributed by atoms with E-state index < -0.39 is 0 Å². The Morgan fingerprint density at radius 1 is 1.00 bits per heavy atom. The van der Waals surface area contributed by atoms with Crippen molar-refractivity contribution in [2.75, 3.05) is 0 Å². The Morgan fingerprint density at radius 3 is 2.30 bits per heavy atom. The smallest absolute Gasteiger partial charge is 0.227 e. The summed E-state index contributed by atoms with van der Waals surface area (Å²) in [6.45, 7) is 7.18. The van der Waals surface area contributed by atoms with E-state index in [9.17, 15) is 9.59 Å². The molecule has 0 radical (unpaired) electrons. The van der Waals surface area contributed by atoms with Crippen molar-refractivity contribution in [3.63, 3.8) is 0 Å². The number of hydrogen-bond donors (Lipinski definition) is 1. The van der Waals surface area contributed by atoms with Crippen LogP contribution in [0, 0.1) is 18.8 Å². The second-order valence-corrected chi connectivity index (χ2v) is 7.70. The van der Waals surface area contributed by atoms with Gasteiger partial charge in [-0.1, -0.05) is 60.2 Å². The minimum atomic E-state index is -0.194. The third-order valence-electron chi connectivity index (χ3n) is 5.13. The summed E-state index contributed by atoms with van der Waals surface area (Å²) in [7, 11) is 0. The van der Waals surface area contributed by atoms with Gasteiger partial charge in [-0.15, -0.1) is 0 Å². The third-order valence-corrected chi connectivity index (χ3v) is 5.13. The highest BCUT2D eigenvalue weighted by molar-refractivity contribution is 5.92. The molecule has 2 aromatic rings. The molecule has 0 saturated heterocycles. The van der Waals surface area contributed by atoms with Gasteiger partial charge in [-0.2, -0.15) is 0 Å². The van der Waals surface area contributed by atoms with Crippen LogP contribution in [0.25, 0.3) is 0 Å². The monoisotopic (exact) mass is 364 g/mol. The first kappa shape index (κ1) is 19.2. The Hall–Kier alpha value is -2.62. The zero-order chi connectivity index (χ0) is 19.4. The molecule has 2 aromatic carbocycles. The molecule has 4 nitrogen and oxygen atoms in total. The summed E-state index contributed by atoms with van der Waals surface area (Å²) in [6.07, 6.45) is 0.649. The van der Waals surface area contributed by atoms with Crippen molar-refractivity contribution in [3.8, 4) is 0 Å². The molecule has 1 saturated carbocycles. The van der Waals surface area contributed by atoms with Crippen molar-refractivity contribution in [2.24, 2.45) is 11.8 Å².